The molecule has 2 bridgehead atoms. The van der Waals surface area contributed by atoms with E-state index in [-0.39, 0.29) is 19.3 Å². The molecule has 2 aliphatic heterocycles. The molecule has 230 valence electrons. The Morgan fingerprint density at radius 3 is 2.33 bits per heavy atom. The number of rotatable bonds is 5. The van der Waals surface area contributed by atoms with Crippen LogP contribution < -0.4 is 0 Å². The van der Waals surface area contributed by atoms with Gasteiger partial charge in [0, 0.05) is 42.1 Å². The monoisotopic (exact) mass is 588 g/mol. The summed E-state index contributed by atoms with van der Waals surface area (Å²) < 4.78 is 35.1. The van der Waals surface area contributed by atoms with Crippen molar-refractivity contribution < 1.29 is 52.4 Å². The SMILES string of the molecule is C=C1C2(O)CCC3(C)C(c4ccoc4)OC(=O)CC13OC1C(OC(C)=O)C(OC(C)=O)C(C)(C)C(CC(=O)OC)C12C. The van der Waals surface area contributed by atoms with Gasteiger partial charge in [-0.05, 0) is 30.4 Å². The Hall–Kier alpha value is -3.18. The molecule has 9 atom stereocenters. The highest BCUT2D eigenvalue weighted by molar-refractivity contribution is 5.75. The first kappa shape index (κ1) is 30.3. The zero-order valence-electron chi connectivity index (χ0n) is 25.2. The number of furan rings is 1. The average molecular weight is 589 g/mol. The average Bonchev–Trinajstić information content (AvgIpc) is 3.44. The zero-order valence-corrected chi connectivity index (χ0v) is 25.2. The highest BCUT2D eigenvalue weighted by Crippen LogP contribution is 2.73. The first-order valence-electron chi connectivity index (χ1n) is 14.2. The fourth-order valence-electron chi connectivity index (χ4n) is 8.79. The number of cyclic esters (lactones) is 1. The van der Waals surface area contributed by atoms with Crippen LogP contribution in [-0.4, -0.2) is 65.6 Å². The number of aliphatic hydroxyl groups is 1. The van der Waals surface area contributed by atoms with Crippen LogP contribution in [0.25, 0.3) is 0 Å². The molecule has 2 saturated heterocycles. The van der Waals surface area contributed by atoms with Crippen molar-refractivity contribution in [2.24, 2.45) is 22.2 Å². The number of carbonyl (C=O) groups excluding carboxylic acids is 4. The third-order valence-electron chi connectivity index (χ3n) is 10.9. The van der Waals surface area contributed by atoms with Crippen molar-refractivity contribution in [2.45, 2.75) is 103 Å². The summed E-state index contributed by atoms with van der Waals surface area (Å²) in [6.45, 7) is 14.2. The van der Waals surface area contributed by atoms with E-state index < -0.39 is 81.7 Å². The summed E-state index contributed by atoms with van der Waals surface area (Å²) in [5.41, 5.74) is -5.48. The maximum Gasteiger partial charge on any atom is 0.309 e. The van der Waals surface area contributed by atoms with Crippen LogP contribution in [0, 0.1) is 22.2 Å². The molecule has 1 spiro atoms. The van der Waals surface area contributed by atoms with Gasteiger partial charge >= 0.3 is 23.9 Å². The molecule has 9 unspecified atom stereocenters. The van der Waals surface area contributed by atoms with Gasteiger partial charge in [0.15, 0.2) is 6.10 Å². The van der Waals surface area contributed by atoms with Crippen LogP contribution in [-0.2, 0) is 42.9 Å². The van der Waals surface area contributed by atoms with Gasteiger partial charge in [-0.1, -0.05) is 34.3 Å². The Morgan fingerprint density at radius 1 is 1.10 bits per heavy atom. The molecule has 11 heteroatoms. The lowest BCUT2D eigenvalue weighted by Crippen LogP contribution is -2.82. The summed E-state index contributed by atoms with van der Waals surface area (Å²) in [6.07, 6.45) is -1.02. The Bertz CT molecular complexity index is 1320. The highest BCUT2D eigenvalue weighted by Gasteiger charge is 2.80. The minimum Gasteiger partial charge on any atom is -0.472 e. The van der Waals surface area contributed by atoms with Gasteiger partial charge in [0.05, 0.1) is 31.7 Å². The fraction of sp³-hybridized carbons (Fsp3) is 0.677. The molecule has 1 aromatic heterocycles. The van der Waals surface area contributed by atoms with Crippen LogP contribution in [0.2, 0.25) is 0 Å². The van der Waals surface area contributed by atoms with Gasteiger partial charge in [-0.3, -0.25) is 19.2 Å². The predicted octanol–water partition coefficient (Wildman–Crippen LogP) is 3.58. The van der Waals surface area contributed by atoms with Gasteiger partial charge < -0.3 is 33.2 Å². The van der Waals surface area contributed by atoms with E-state index in [1.54, 1.807) is 13.0 Å². The normalized spacial score (nSPS) is 42.0. The number of hydrogen-bond acceptors (Lipinski definition) is 11. The molecule has 11 nitrogen and oxygen atoms in total. The van der Waals surface area contributed by atoms with Gasteiger partial charge in [-0.2, -0.15) is 0 Å². The van der Waals surface area contributed by atoms with E-state index in [0.717, 1.165) is 0 Å². The maximum absolute atomic E-state index is 13.3. The van der Waals surface area contributed by atoms with Crippen LogP contribution in [0.15, 0.2) is 35.2 Å². The van der Waals surface area contributed by atoms with Crippen LogP contribution in [0.3, 0.4) is 0 Å². The second kappa shape index (κ2) is 9.67. The predicted molar refractivity (Wildman–Crippen MR) is 144 cm³/mol. The van der Waals surface area contributed by atoms with E-state index in [4.69, 9.17) is 28.1 Å². The Labute approximate surface area is 244 Å². The number of carbonyl (C=O) groups is 4. The molecule has 2 aliphatic carbocycles. The molecular weight excluding hydrogens is 548 g/mol. The zero-order chi connectivity index (χ0) is 31.0. The van der Waals surface area contributed by atoms with E-state index in [0.29, 0.717) is 17.6 Å². The molecule has 4 fully saturated rings. The first-order valence-corrected chi connectivity index (χ1v) is 14.2. The quantitative estimate of drug-likeness (QED) is 0.306. The molecule has 2 saturated carbocycles. The number of esters is 4. The minimum absolute atomic E-state index is 0.149. The molecular formula is C31H40O11. The van der Waals surface area contributed by atoms with Crippen molar-refractivity contribution in [3.63, 3.8) is 0 Å². The summed E-state index contributed by atoms with van der Waals surface area (Å²) in [6, 6.07) is 1.71. The van der Waals surface area contributed by atoms with Crippen LogP contribution >= 0.6 is 0 Å². The second-order valence-corrected chi connectivity index (χ2v) is 13.3. The Morgan fingerprint density at radius 2 is 1.76 bits per heavy atom. The van der Waals surface area contributed by atoms with Crippen molar-refractivity contribution in [2.75, 3.05) is 7.11 Å². The van der Waals surface area contributed by atoms with E-state index in [9.17, 15) is 24.3 Å². The molecule has 1 N–H and O–H groups in total. The maximum atomic E-state index is 13.3. The van der Waals surface area contributed by atoms with Gasteiger partial charge in [0.2, 0.25) is 0 Å². The fourth-order valence-corrected chi connectivity index (χ4v) is 8.79. The summed E-state index contributed by atoms with van der Waals surface area (Å²) in [7, 11) is 1.28. The number of fused-ring (bicyclic) bond motifs is 3. The molecule has 5 rings (SSSR count). The lowest BCUT2D eigenvalue weighted by Gasteiger charge is -2.74. The molecule has 0 radical (unpaired) electrons. The number of ether oxygens (including phenoxy) is 5. The number of hydrogen-bond donors (Lipinski definition) is 1. The summed E-state index contributed by atoms with van der Waals surface area (Å²) in [4.78, 5) is 51.2. The molecule has 0 aromatic carbocycles. The minimum atomic E-state index is -1.69. The van der Waals surface area contributed by atoms with Crippen molar-refractivity contribution in [1.82, 2.24) is 0 Å². The first-order chi connectivity index (χ1) is 19.5. The van der Waals surface area contributed by atoms with E-state index >= 15 is 0 Å². The topological polar surface area (TPSA) is 148 Å². The van der Waals surface area contributed by atoms with Crippen molar-refractivity contribution >= 4 is 23.9 Å². The molecule has 3 heterocycles. The van der Waals surface area contributed by atoms with Gasteiger partial charge in [-0.25, -0.2) is 0 Å². The molecule has 0 amide bonds. The van der Waals surface area contributed by atoms with Crippen molar-refractivity contribution in [3.05, 3.63) is 36.3 Å². The smallest absolute Gasteiger partial charge is 0.309 e. The Balaban J connectivity index is 1.77. The van der Waals surface area contributed by atoms with Crippen molar-refractivity contribution in [1.29, 1.82) is 0 Å². The molecule has 1 aromatic rings. The van der Waals surface area contributed by atoms with Gasteiger partial charge in [-0.15, -0.1) is 0 Å². The lowest BCUT2D eigenvalue weighted by atomic mass is 9.39. The highest BCUT2D eigenvalue weighted by atomic mass is 16.6. The second-order valence-electron chi connectivity index (χ2n) is 13.3. The third kappa shape index (κ3) is 3.85. The van der Waals surface area contributed by atoms with Crippen molar-refractivity contribution in [3.8, 4) is 0 Å². The molecule has 4 aliphatic rings. The van der Waals surface area contributed by atoms with Gasteiger partial charge in [0.25, 0.3) is 0 Å². The van der Waals surface area contributed by atoms with Crippen LogP contribution in [0.1, 0.15) is 78.9 Å². The van der Waals surface area contributed by atoms with Gasteiger partial charge in [0.1, 0.15) is 23.9 Å². The van der Waals surface area contributed by atoms with E-state index in [1.807, 2.05) is 20.8 Å². The summed E-state index contributed by atoms with van der Waals surface area (Å²) in [5, 5.41) is 12.9. The standard InChI is InChI=1S/C31H40O11/c1-16-30(36)11-10-28(6)24(19-9-12-38-15-19)41-22(35)14-31(16,28)42-26-23(39-17(2)32)25(40-18(3)33)27(4,5)20(29(26,30)7)13-21(34)37-8/h9,12,15,20,23-26,36H,1,10-11,13-14H2,2-8H3. The summed E-state index contributed by atoms with van der Waals surface area (Å²) in [5.74, 6) is -3.06. The summed E-state index contributed by atoms with van der Waals surface area (Å²) >= 11 is 0. The van der Waals surface area contributed by atoms with E-state index in [2.05, 4.69) is 6.58 Å². The lowest BCUT2D eigenvalue weighted by molar-refractivity contribution is -0.367. The van der Waals surface area contributed by atoms with E-state index in [1.165, 1.54) is 33.5 Å². The number of methoxy groups -OCH3 is 1. The Kier molecular flexibility index (Phi) is 6.97. The van der Waals surface area contributed by atoms with Crippen LogP contribution in [0.5, 0.6) is 0 Å². The third-order valence-corrected chi connectivity index (χ3v) is 10.9. The largest absolute Gasteiger partial charge is 0.472 e. The van der Waals surface area contributed by atoms with Crippen LogP contribution in [0.4, 0.5) is 0 Å². The molecule has 42 heavy (non-hydrogen) atoms.